The van der Waals surface area contributed by atoms with Gasteiger partial charge in [-0.15, -0.1) is 0 Å². The highest BCUT2D eigenvalue weighted by atomic mass is 16.6. The number of ether oxygens (including phenoxy) is 2. The summed E-state index contributed by atoms with van der Waals surface area (Å²) in [6, 6.07) is 15.7. The zero-order chi connectivity index (χ0) is 24.1. The zero-order valence-electron chi connectivity index (χ0n) is 20.2. The van der Waals surface area contributed by atoms with Crippen molar-refractivity contribution < 1.29 is 19.4 Å². The van der Waals surface area contributed by atoms with E-state index in [1.54, 1.807) is 0 Å². The molecule has 4 rings (SSSR count). The van der Waals surface area contributed by atoms with Crippen LogP contribution in [0.4, 0.5) is 0 Å². The molecular weight excluding hydrogens is 430 g/mol. The molecule has 4 N–H and O–H groups in total. The van der Waals surface area contributed by atoms with E-state index in [1.165, 1.54) is 5.56 Å². The van der Waals surface area contributed by atoms with Crippen LogP contribution in [0.1, 0.15) is 43.9 Å². The predicted octanol–water partition coefficient (Wildman–Crippen LogP) is 2.67. The number of aliphatic hydroxyl groups is 1. The molecule has 2 heterocycles. The van der Waals surface area contributed by atoms with Crippen LogP contribution in [0.2, 0.25) is 0 Å². The number of carbonyl (C=O) groups excluding carboxylic acids is 1. The number of carbonyl (C=O) groups is 1. The van der Waals surface area contributed by atoms with Gasteiger partial charge >= 0.3 is 0 Å². The standard InChI is InChI=1S/C27H37N3O4/c1-18(2)15-19-7-9-20(10-8-19)26(27(28)32)30-13-11-21(12-14-30)29-16-22(31)25-17-33-23-5-3-4-6-24(23)34-25/h3-10,18,21-22,25-26,29,31H,11-17H2,1-2H3,(H2,28,32). The molecule has 2 aliphatic rings. The van der Waals surface area contributed by atoms with Gasteiger partial charge in [-0.1, -0.05) is 50.2 Å². The van der Waals surface area contributed by atoms with Crippen molar-refractivity contribution in [1.29, 1.82) is 0 Å². The number of fused-ring (bicyclic) bond motifs is 1. The third kappa shape index (κ3) is 6.09. The Bertz CT molecular complexity index is 941. The number of aliphatic hydroxyl groups excluding tert-OH is 1. The Morgan fingerprint density at radius 2 is 1.79 bits per heavy atom. The average Bonchev–Trinajstić information content (AvgIpc) is 2.83. The summed E-state index contributed by atoms with van der Waals surface area (Å²) in [7, 11) is 0. The average molecular weight is 468 g/mol. The number of para-hydroxylation sites is 2. The Morgan fingerprint density at radius 1 is 1.12 bits per heavy atom. The molecule has 3 atom stereocenters. The maximum absolute atomic E-state index is 12.3. The second-order valence-electron chi connectivity index (χ2n) is 9.84. The van der Waals surface area contributed by atoms with Crippen LogP contribution < -0.4 is 20.5 Å². The topological polar surface area (TPSA) is 97.1 Å². The molecular formula is C27H37N3O4. The van der Waals surface area contributed by atoms with Gasteiger partial charge in [-0.05, 0) is 48.4 Å². The summed E-state index contributed by atoms with van der Waals surface area (Å²) in [5, 5.41) is 14.1. The molecule has 0 aromatic heterocycles. The molecule has 3 unspecified atom stereocenters. The van der Waals surface area contributed by atoms with Gasteiger partial charge in [-0.25, -0.2) is 0 Å². The summed E-state index contributed by atoms with van der Waals surface area (Å²) in [4.78, 5) is 14.5. The molecule has 2 aliphatic heterocycles. The Labute approximate surface area is 202 Å². The first-order valence-electron chi connectivity index (χ1n) is 12.3. The lowest BCUT2D eigenvalue weighted by Crippen LogP contribution is -2.50. The molecule has 1 amide bonds. The molecule has 0 radical (unpaired) electrons. The van der Waals surface area contributed by atoms with Crippen LogP contribution in [0.5, 0.6) is 11.5 Å². The quantitative estimate of drug-likeness (QED) is 0.525. The molecule has 0 bridgehead atoms. The molecule has 2 aromatic rings. The zero-order valence-corrected chi connectivity index (χ0v) is 20.2. The van der Waals surface area contributed by atoms with E-state index in [4.69, 9.17) is 15.2 Å². The van der Waals surface area contributed by atoms with Crippen molar-refractivity contribution in [2.45, 2.75) is 57.4 Å². The van der Waals surface area contributed by atoms with Gasteiger partial charge in [0.25, 0.3) is 0 Å². The number of benzene rings is 2. The number of piperidine rings is 1. The SMILES string of the molecule is CC(C)Cc1ccc(C(C(N)=O)N2CCC(NCC(O)C3COc4ccccc4O3)CC2)cc1. The highest BCUT2D eigenvalue weighted by molar-refractivity contribution is 5.81. The minimum absolute atomic E-state index is 0.268. The first-order chi connectivity index (χ1) is 16.4. The van der Waals surface area contributed by atoms with Gasteiger partial charge in [0, 0.05) is 25.7 Å². The van der Waals surface area contributed by atoms with E-state index < -0.39 is 18.2 Å². The second-order valence-corrected chi connectivity index (χ2v) is 9.84. The fraction of sp³-hybridized carbons (Fsp3) is 0.519. The Hall–Kier alpha value is -2.61. The summed E-state index contributed by atoms with van der Waals surface area (Å²) in [5.41, 5.74) is 8.05. The number of likely N-dealkylation sites (tertiary alicyclic amines) is 1. The van der Waals surface area contributed by atoms with E-state index in [0.717, 1.165) is 37.9 Å². The maximum atomic E-state index is 12.3. The number of hydrogen-bond donors (Lipinski definition) is 3. The van der Waals surface area contributed by atoms with Crippen LogP contribution in [0, 0.1) is 5.92 Å². The molecule has 0 aliphatic carbocycles. The van der Waals surface area contributed by atoms with Crippen molar-refractivity contribution in [3.05, 3.63) is 59.7 Å². The van der Waals surface area contributed by atoms with Gasteiger partial charge in [-0.2, -0.15) is 0 Å². The lowest BCUT2D eigenvalue weighted by molar-refractivity contribution is -0.124. The summed E-state index contributed by atoms with van der Waals surface area (Å²) < 4.78 is 11.6. The fourth-order valence-corrected chi connectivity index (χ4v) is 4.87. The third-order valence-electron chi connectivity index (χ3n) is 6.68. The number of rotatable bonds is 9. The smallest absolute Gasteiger partial charge is 0.239 e. The van der Waals surface area contributed by atoms with Crippen molar-refractivity contribution in [3.8, 4) is 11.5 Å². The highest BCUT2D eigenvalue weighted by Crippen LogP contribution is 2.31. The first-order valence-corrected chi connectivity index (χ1v) is 12.3. The Kier molecular flexibility index (Phi) is 8.08. The van der Waals surface area contributed by atoms with Crippen LogP contribution in [-0.2, 0) is 11.2 Å². The summed E-state index contributed by atoms with van der Waals surface area (Å²) in [6.07, 6.45) is 1.71. The normalized spacial score (nSPS) is 20.8. The van der Waals surface area contributed by atoms with Gasteiger partial charge in [0.1, 0.15) is 18.8 Å². The van der Waals surface area contributed by atoms with E-state index in [2.05, 4.69) is 36.2 Å². The summed E-state index contributed by atoms with van der Waals surface area (Å²) in [5.74, 6) is 1.66. The summed E-state index contributed by atoms with van der Waals surface area (Å²) in [6.45, 7) is 6.70. The van der Waals surface area contributed by atoms with Gasteiger partial charge in [0.05, 0.1) is 0 Å². The maximum Gasteiger partial charge on any atom is 0.239 e. The number of nitrogens with one attached hydrogen (secondary N) is 1. The number of nitrogens with two attached hydrogens (primary N) is 1. The van der Waals surface area contributed by atoms with Gasteiger partial charge in [0.15, 0.2) is 17.6 Å². The van der Waals surface area contributed by atoms with Crippen LogP contribution in [0.15, 0.2) is 48.5 Å². The highest BCUT2D eigenvalue weighted by Gasteiger charge is 2.31. The molecule has 34 heavy (non-hydrogen) atoms. The van der Waals surface area contributed by atoms with Crippen LogP contribution >= 0.6 is 0 Å². The predicted molar refractivity (Wildman–Crippen MR) is 132 cm³/mol. The largest absolute Gasteiger partial charge is 0.486 e. The van der Waals surface area contributed by atoms with E-state index >= 15 is 0 Å². The van der Waals surface area contributed by atoms with E-state index in [9.17, 15) is 9.90 Å². The van der Waals surface area contributed by atoms with Crippen molar-refractivity contribution in [1.82, 2.24) is 10.2 Å². The third-order valence-corrected chi connectivity index (χ3v) is 6.68. The minimum atomic E-state index is -0.672. The number of primary amides is 1. The number of nitrogens with zero attached hydrogens (tertiary/aromatic N) is 1. The fourth-order valence-electron chi connectivity index (χ4n) is 4.87. The molecule has 0 saturated carbocycles. The van der Waals surface area contributed by atoms with Crippen molar-refractivity contribution in [2.75, 3.05) is 26.2 Å². The second kappa shape index (κ2) is 11.2. The Morgan fingerprint density at radius 3 is 2.44 bits per heavy atom. The lowest BCUT2D eigenvalue weighted by Gasteiger charge is -2.37. The van der Waals surface area contributed by atoms with E-state index in [1.807, 2.05) is 36.4 Å². The van der Waals surface area contributed by atoms with Crippen molar-refractivity contribution in [2.24, 2.45) is 11.7 Å². The molecule has 1 saturated heterocycles. The molecule has 7 nitrogen and oxygen atoms in total. The van der Waals surface area contributed by atoms with Crippen LogP contribution in [0.3, 0.4) is 0 Å². The first kappa shape index (κ1) is 24.5. The molecule has 1 fully saturated rings. The minimum Gasteiger partial charge on any atom is -0.486 e. The molecule has 2 aromatic carbocycles. The van der Waals surface area contributed by atoms with Gasteiger partial charge < -0.3 is 25.6 Å². The van der Waals surface area contributed by atoms with E-state index in [-0.39, 0.29) is 11.9 Å². The van der Waals surface area contributed by atoms with Gasteiger partial charge in [-0.3, -0.25) is 9.69 Å². The lowest BCUT2D eigenvalue weighted by atomic mass is 9.96. The number of hydrogen-bond acceptors (Lipinski definition) is 6. The van der Waals surface area contributed by atoms with E-state index in [0.29, 0.717) is 30.6 Å². The van der Waals surface area contributed by atoms with Crippen molar-refractivity contribution in [3.63, 3.8) is 0 Å². The van der Waals surface area contributed by atoms with Crippen LogP contribution in [0.25, 0.3) is 0 Å². The van der Waals surface area contributed by atoms with Crippen molar-refractivity contribution >= 4 is 5.91 Å². The Balaban J connectivity index is 1.26. The van der Waals surface area contributed by atoms with Gasteiger partial charge in [0.2, 0.25) is 5.91 Å². The monoisotopic (exact) mass is 467 g/mol. The van der Waals surface area contributed by atoms with Crippen LogP contribution in [-0.4, -0.2) is 60.4 Å². The summed E-state index contributed by atoms with van der Waals surface area (Å²) >= 11 is 0. The number of amides is 1. The molecule has 0 spiro atoms. The molecule has 184 valence electrons. The molecule has 7 heteroatoms.